The van der Waals surface area contributed by atoms with Crippen LogP contribution in [-0.4, -0.2) is 43.9 Å². The second kappa shape index (κ2) is 6.74. The Morgan fingerprint density at radius 3 is 2.35 bits per heavy atom. The fourth-order valence-electron chi connectivity index (χ4n) is 1.94. The van der Waals surface area contributed by atoms with Crippen LogP contribution in [0.15, 0.2) is 18.2 Å². The van der Waals surface area contributed by atoms with Crippen molar-refractivity contribution in [3.63, 3.8) is 0 Å². The van der Waals surface area contributed by atoms with Crippen molar-refractivity contribution in [3.05, 3.63) is 34.9 Å². The summed E-state index contributed by atoms with van der Waals surface area (Å²) in [5.41, 5.74) is 3.38. The number of likely N-dealkylation sites (N-methyl/N-ethyl adjacent to an activating group) is 1. The van der Waals surface area contributed by atoms with Crippen molar-refractivity contribution in [2.24, 2.45) is 0 Å². The van der Waals surface area contributed by atoms with Crippen molar-refractivity contribution in [2.75, 3.05) is 33.9 Å². The van der Waals surface area contributed by atoms with Gasteiger partial charge in [0.1, 0.15) is 0 Å². The topological polar surface area (TPSA) is 32.7 Å². The zero-order valence-electron chi connectivity index (χ0n) is 11.2. The molecule has 0 aliphatic carbocycles. The van der Waals surface area contributed by atoms with Crippen LogP contribution in [0, 0.1) is 13.8 Å². The molecule has 1 rings (SSSR count). The van der Waals surface area contributed by atoms with Crippen LogP contribution in [0.3, 0.4) is 0 Å². The Bertz CT molecular complexity index is 332. The average Bonchev–Trinajstić information content (AvgIpc) is 2.25. The third-order valence-electron chi connectivity index (χ3n) is 2.79. The van der Waals surface area contributed by atoms with Gasteiger partial charge in [0.2, 0.25) is 0 Å². The molecule has 1 unspecified atom stereocenters. The Hall–Kier alpha value is -0.900. The van der Waals surface area contributed by atoms with Gasteiger partial charge in [0, 0.05) is 20.2 Å². The highest BCUT2D eigenvalue weighted by Crippen LogP contribution is 2.17. The molecule has 1 aromatic rings. The lowest BCUT2D eigenvalue weighted by atomic mass is 10.0. The molecule has 0 heterocycles. The maximum atomic E-state index is 10.2. The normalized spacial score (nSPS) is 13.1. The van der Waals surface area contributed by atoms with Crippen LogP contribution in [0.25, 0.3) is 0 Å². The van der Waals surface area contributed by atoms with Crippen LogP contribution < -0.4 is 0 Å². The molecule has 0 fully saturated rings. The molecule has 0 aromatic heterocycles. The fourth-order valence-corrected chi connectivity index (χ4v) is 1.94. The van der Waals surface area contributed by atoms with Gasteiger partial charge in [-0.2, -0.15) is 0 Å². The molecule has 96 valence electrons. The molecule has 0 aliphatic rings. The van der Waals surface area contributed by atoms with Crippen molar-refractivity contribution >= 4 is 0 Å². The van der Waals surface area contributed by atoms with Gasteiger partial charge in [-0.15, -0.1) is 0 Å². The maximum Gasteiger partial charge on any atom is 0.0917 e. The summed E-state index contributed by atoms with van der Waals surface area (Å²) in [4.78, 5) is 2.08. The minimum Gasteiger partial charge on any atom is -0.387 e. The van der Waals surface area contributed by atoms with Gasteiger partial charge in [0.15, 0.2) is 0 Å². The van der Waals surface area contributed by atoms with Crippen molar-refractivity contribution in [2.45, 2.75) is 20.0 Å². The quantitative estimate of drug-likeness (QED) is 0.820. The average molecular weight is 237 g/mol. The van der Waals surface area contributed by atoms with E-state index in [9.17, 15) is 5.11 Å². The molecule has 0 bridgehead atoms. The molecule has 0 radical (unpaired) electrons. The molecular formula is C14H23NO2. The number of hydrogen-bond acceptors (Lipinski definition) is 3. The SMILES string of the molecule is COCCN(C)CC(O)c1cc(C)cc(C)c1. The van der Waals surface area contributed by atoms with Crippen LogP contribution in [0.2, 0.25) is 0 Å². The first-order chi connectivity index (χ1) is 8.02. The van der Waals surface area contributed by atoms with E-state index in [1.54, 1.807) is 7.11 Å². The number of rotatable bonds is 6. The first-order valence-corrected chi connectivity index (χ1v) is 5.96. The van der Waals surface area contributed by atoms with E-state index >= 15 is 0 Å². The number of nitrogens with zero attached hydrogens (tertiary/aromatic N) is 1. The Kier molecular flexibility index (Phi) is 5.62. The summed E-state index contributed by atoms with van der Waals surface area (Å²) in [6, 6.07) is 6.20. The molecule has 3 nitrogen and oxygen atoms in total. The third kappa shape index (κ3) is 4.86. The number of aliphatic hydroxyl groups is 1. The van der Waals surface area contributed by atoms with Crippen molar-refractivity contribution in [3.8, 4) is 0 Å². The first-order valence-electron chi connectivity index (χ1n) is 5.96. The van der Waals surface area contributed by atoms with E-state index in [0.29, 0.717) is 13.2 Å². The maximum absolute atomic E-state index is 10.2. The number of hydrogen-bond donors (Lipinski definition) is 1. The molecule has 0 aliphatic heterocycles. The van der Waals surface area contributed by atoms with Gasteiger partial charge in [-0.3, -0.25) is 0 Å². The Morgan fingerprint density at radius 1 is 1.24 bits per heavy atom. The lowest BCUT2D eigenvalue weighted by Crippen LogP contribution is -2.27. The predicted molar refractivity (Wildman–Crippen MR) is 70.2 cm³/mol. The largest absolute Gasteiger partial charge is 0.387 e. The number of ether oxygens (including phenoxy) is 1. The van der Waals surface area contributed by atoms with Gasteiger partial charge in [-0.25, -0.2) is 0 Å². The number of methoxy groups -OCH3 is 1. The van der Waals surface area contributed by atoms with E-state index in [0.717, 1.165) is 12.1 Å². The third-order valence-corrected chi connectivity index (χ3v) is 2.79. The summed E-state index contributed by atoms with van der Waals surface area (Å²) in [6.07, 6.45) is -0.435. The molecule has 0 saturated carbocycles. The highest BCUT2D eigenvalue weighted by Gasteiger charge is 2.11. The molecular weight excluding hydrogens is 214 g/mol. The molecule has 17 heavy (non-hydrogen) atoms. The fraction of sp³-hybridized carbons (Fsp3) is 0.571. The monoisotopic (exact) mass is 237 g/mol. The van der Waals surface area contributed by atoms with E-state index in [-0.39, 0.29) is 0 Å². The zero-order valence-corrected chi connectivity index (χ0v) is 11.2. The minimum atomic E-state index is -0.435. The first kappa shape index (κ1) is 14.2. The van der Waals surface area contributed by atoms with Crippen LogP contribution in [0.4, 0.5) is 0 Å². The summed E-state index contributed by atoms with van der Waals surface area (Å²) < 4.78 is 5.01. The summed E-state index contributed by atoms with van der Waals surface area (Å²) in [5.74, 6) is 0. The van der Waals surface area contributed by atoms with Crippen LogP contribution in [0.1, 0.15) is 22.8 Å². The van der Waals surface area contributed by atoms with Crippen molar-refractivity contribution in [1.82, 2.24) is 4.90 Å². The molecule has 0 spiro atoms. The molecule has 0 saturated heterocycles. The van der Waals surface area contributed by atoms with Crippen LogP contribution in [-0.2, 0) is 4.74 Å². The van der Waals surface area contributed by atoms with E-state index in [1.807, 2.05) is 19.2 Å². The van der Waals surface area contributed by atoms with Gasteiger partial charge >= 0.3 is 0 Å². The Morgan fingerprint density at radius 2 is 1.82 bits per heavy atom. The summed E-state index contributed by atoms with van der Waals surface area (Å²) in [5, 5.41) is 10.2. The molecule has 1 aromatic carbocycles. The second-order valence-corrected chi connectivity index (χ2v) is 4.69. The van der Waals surface area contributed by atoms with Crippen molar-refractivity contribution in [1.29, 1.82) is 0 Å². The Balaban J connectivity index is 2.59. The van der Waals surface area contributed by atoms with Crippen LogP contribution >= 0.6 is 0 Å². The summed E-state index contributed by atoms with van der Waals surface area (Å²) >= 11 is 0. The number of benzene rings is 1. The van der Waals surface area contributed by atoms with Gasteiger partial charge in [-0.1, -0.05) is 29.3 Å². The molecule has 0 amide bonds. The smallest absolute Gasteiger partial charge is 0.0917 e. The lowest BCUT2D eigenvalue weighted by molar-refractivity contribution is 0.103. The Labute approximate surface area is 104 Å². The van der Waals surface area contributed by atoms with Gasteiger partial charge in [-0.05, 0) is 26.5 Å². The van der Waals surface area contributed by atoms with E-state index in [1.165, 1.54) is 11.1 Å². The van der Waals surface area contributed by atoms with Crippen molar-refractivity contribution < 1.29 is 9.84 Å². The summed E-state index contributed by atoms with van der Waals surface area (Å²) in [6.45, 7) is 6.26. The van der Waals surface area contributed by atoms with E-state index < -0.39 is 6.10 Å². The van der Waals surface area contributed by atoms with E-state index in [2.05, 4.69) is 24.8 Å². The number of aliphatic hydroxyl groups excluding tert-OH is 1. The molecule has 1 N–H and O–H groups in total. The zero-order chi connectivity index (χ0) is 12.8. The minimum absolute atomic E-state index is 0.435. The van der Waals surface area contributed by atoms with E-state index in [4.69, 9.17) is 4.74 Å². The van der Waals surface area contributed by atoms with Gasteiger partial charge in [0.25, 0.3) is 0 Å². The molecule has 1 atom stereocenters. The summed E-state index contributed by atoms with van der Waals surface area (Å²) in [7, 11) is 3.68. The number of aryl methyl sites for hydroxylation is 2. The van der Waals surface area contributed by atoms with Gasteiger partial charge < -0.3 is 14.7 Å². The highest BCUT2D eigenvalue weighted by atomic mass is 16.5. The van der Waals surface area contributed by atoms with Crippen LogP contribution in [0.5, 0.6) is 0 Å². The highest BCUT2D eigenvalue weighted by molar-refractivity contribution is 5.30. The molecule has 3 heteroatoms. The van der Waals surface area contributed by atoms with Gasteiger partial charge in [0.05, 0.1) is 12.7 Å². The second-order valence-electron chi connectivity index (χ2n) is 4.69. The predicted octanol–water partition coefficient (Wildman–Crippen LogP) is 1.92. The standard InChI is InChI=1S/C14H23NO2/c1-11-7-12(2)9-13(8-11)14(16)10-15(3)5-6-17-4/h7-9,14,16H,5-6,10H2,1-4H3. The lowest BCUT2D eigenvalue weighted by Gasteiger charge is -2.21.